The van der Waals surface area contributed by atoms with Crippen molar-refractivity contribution < 1.29 is 38.7 Å². The number of carbonyl (C=O) groups excluding carboxylic acids is 7. The molecule has 13 nitrogen and oxygen atoms in total. The number of aromatic nitrogens is 1. The quantitative estimate of drug-likeness (QED) is 0.235. The topological polar surface area (TPSA) is 192 Å². The first-order valence-corrected chi connectivity index (χ1v) is 14.5. The minimum absolute atomic E-state index is 0.00363. The second-order valence-electron chi connectivity index (χ2n) is 11.1. The van der Waals surface area contributed by atoms with Crippen molar-refractivity contribution in [1.29, 1.82) is 0 Å². The van der Waals surface area contributed by atoms with Crippen molar-refractivity contribution >= 4 is 46.9 Å². The Morgan fingerprint density at radius 3 is 2.41 bits per heavy atom. The zero-order chi connectivity index (χ0) is 32.5. The highest BCUT2D eigenvalue weighted by Crippen LogP contribution is 2.34. The molecule has 1 aromatic heterocycles. The van der Waals surface area contributed by atoms with Crippen LogP contribution in [-0.2, 0) is 14.4 Å². The molecule has 46 heavy (non-hydrogen) atoms. The summed E-state index contributed by atoms with van der Waals surface area (Å²) < 4.78 is 0. The molecule has 1 saturated carbocycles. The average Bonchev–Trinajstić information content (AvgIpc) is 3.30. The fraction of sp³-hybridized carbons (Fsp3) is 0.212. The van der Waals surface area contributed by atoms with E-state index in [1.165, 1.54) is 36.5 Å². The summed E-state index contributed by atoms with van der Waals surface area (Å²) in [5, 5.41) is 17.8. The van der Waals surface area contributed by atoms with Gasteiger partial charge in [0.15, 0.2) is 5.78 Å². The largest absolute Gasteiger partial charge is 0.388 e. The predicted octanol–water partition coefficient (Wildman–Crippen LogP) is 1.86. The molecule has 2 fully saturated rings. The Kier molecular flexibility index (Phi) is 8.07. The highest BCUT2D eigenvalue weighted by molar-refractivity contribution is 6.26. The van der Waals surface area contributed by atoms with Crippen LogP contribution in [0, 0.1) is 0 Å². The fourth-order valence-electron chi connectivity index (χ4n) is 5.86. The van der Waals surface area contributed by atoms with E-state index in [-0.39, 0.29) is 64.6 Å². The molecule has 232 valence electrons. The number of benzene rings is 2. The number of piperidine rings is 1. The number of anilines is 1. The second kappa shape index (κ2) is 12.3. The van der Waals surface area contributed by atoms with E-state index in [1.54, 1.807) is 0 Å². The molecule has 0 radical (unpaired) electrons. The lowest BCUT2D eigenvalue weighted by atomic mass is 9.79. The lowest BCUT2D eigenvalue weighted by molar-refractivity contribution is -0.136. The maximum Gasteiger partial charge on any atom is 0.273 e. The first-order chi connectivity index (χ1) is 22.1. The summed E-state index contributed by atoms with van der Waals surface area (Å²) in [4.78, 5) is 93.6. The van der Waals surface area contributed by atoms with Crippen LogP contribution < -0.4 is 16.0 Å². The number of nitrogens with zero attached hydrogens (tertiary/aromatic N) is 2. The summed E-state index contributed by atoms with van der Waals surface area (Å²) in [5.41, 5.74) is 0.981. The van der Waals surface area contributed by atoms with Crippen molar-refractivity contribution in [2.24, 2.45) is 0 Å². The van der Waals surface area contributed by atoms with Gasteiger partial charge in [0.2, 0.25) is 11.8 Å². The van der Waals surface area contributed by atoms with Gasteiger partial charge in [0.1, 0.15) is 11.7 Å². The van der Waals surface area contributed by atoms with E-state index in [1.807, 2.05) is 30.3 Å². The number of nitrogens with one attached hydrogen (secondary N) is 3. The summed E-state index contributed by atoms with van der Waals surface area (Å²) in [6, 6.07) is 15.2. The van der Waals surface area contributed by atoms with Crippen molar-refractivity contribution in [3.8, 4) is 0 Å². The third kappa shape index (κ3) is 5.71. The molecule has 2 aromatic carbocycles. The first-order valence-electron chi connectivity index (χ1n) is 14.5. The monoisotopic (exact) mass is 621 g/mol. The van der Waals surface area contributed by atoms with Crippen LogP contribution in [0.5, 0.6) is 0 Å². The van der Waals surface area contributed by atoms with Gasteiger partial charge in [-0.1, -0.05) is 36.4 Å². The molecule has 3 aromatic rings. The number of amides is 6. The molecule has 2 aliphatic heterocycles. The van der Waals surface area contributed by atoms with E-state index < -0.39 is 47.6 Å². The Hall–Kier alpha value is -5.82. The molecule has 1 saturated heterocycles. The number of pyridine rings is 1. The highest BCUT2D eigenvalue weighted by Gasteiger charge is 2.45. The van der Waals surface area contributed by atoms with E-state index in [9.17, 15) is 38.7 Å². The van der Waals surface area contributed by atoms with Crippen molar-refractivity contribution in [2.45, 2.75) is 43.7 Å². The standard InChI is InChI=1S/C33H27N5O8/c39-25-13-19(17-5-2-1-3-6-17)14-26(40)21(25)16-35-30(43)23-10-9-18(15-34-23)29(42)36-22-8-4-7-20-28(22)33(46)38(32(20)45)24-11-12-27(41)37-31(24)44/h1-10,15-16,19,24-25,39H,11-14H2,(H,35,43)(H,36,42)(H,37,41,44)/b21-16+. The summed E-state index contributed by atoms with van der Waals surface area (Å²) >= 11 is 0. The number of fused-ring (bicyclic) bond motifs is 1. The molecule has 6 rings (SSSR count). The number of Topliss-reactive ketones (excluding diaryl/α,β-unsaturated/α-hetero) is 1. The predicted molar refractivity (Wildman–Crippen MR) is 160 cm³/mol. The van der Waals surface area contributed by atoms with Crippen LogP contribution in [-0.4, -0.2) is 68.4 Å². The number of carbonyl (C=O) groups is 7. The molecule has 3 heterocycles. The van der Waals surface area contributed by atoms with Crippen LogP contribution in [0.25, 0.3) is 0 Å². The number of hydrogen-bond donors (Lipinski definition) is 4. The Bertz CT molecular complexity index is 1840. The zero-order valence-electron chi connectivity index (χ0n) is 24.2. The van der Waals surface area contributed by atoms with Crippen LogP contribution in [0.2, 0.25) is 0 Å². The van der Waals surface area contributed by atoms with Gasteiger partial charge in [-0.3, -0.25) is 48.8 Å². The number of ketones is 1. The molecule has 6 amide bonds. The highest BCUT2D eigenvalue weighted by atomic mass is 16.3. The SMILES string of the molecule is O=C1CCC(N2C(=O)c3cccc(NC(=O)c4ccc(C(=O)N/C=C5/C(=O)CC(c6ccccc6)CC5O)nc4)c3C2=O)C(=O)N1. The van der Waals surface area contributed by atoms with Crippen molar-refractivity contribution in [3.05, 3.63) is 107 Å². The molecular formula is C33H27N5O8. The molecule has 3 aliphatic rings. The van der Waals surface area contributed by atoms with Gasteiger partial charge in [-0.2, -0.15) is 0 Å². The maximum absolute atomic E-state index is 13.3. The van der Waals surface area contributed by atoms with Crippen LogP contribution >= 0.6 is 0 Å². The normalized spacial score (nSPS) is 22.0. The van der Waals surface area contributed by atoms with Crippen LogP contribution in [0.15, 0.2) is 78.6 Å². The molecule has 4 N–H and O–H groups in total. The van der Waals surface area contributed by atoms with E-state index in [2.05, 4.69) is 20.9 Å². The molecule has 13 heteroatoms. The van der Waals surface area contributed by atoms with E-state index in [4.69, 9.17) is 0 Å². The van der Waals surface area contributed by atoms with Gasteiger partial charge in [0.05, 0.1) is 28.5 Å². The Morgan fingerprint density at radius 1 is 0.935 bits per heavy atom. The van der Waals surface area contributed by atoms with Crippen LogP contribution in [0.3, 0.4) is 0 Å². The Balaban J connectivity index is 1.10. The van der Waals surface area contributed by atoms with Crippen molar-refractivity contribution in [2.75, 3.05) is 5.32 Å². The maximum atomic E-state index is 13.3. The lowest BCUT2D eigenvalue weighted by Gasteiger charge is -2.27. The van der Waals surface area contributed by atoms with Gasteiger partial charge in [-0.25, -0.2) is 0 Å². The van der Waals surface area contributed by atoms with Crippen LogP contribution in [0.4, 0.5) is 5.69 Å². The fourth-order valence-corrected chi connectivity index (χ4v) is 5.86. The van der Waals surface area contributed by atoms with Gasteiger partial charge in [0.25, 0.3) is 23.6 Å². The van der Waals surface area contributed by atoms with E-state index in [0.717, 1.165) is 16.7 Å². The number of imide groups is 2. The number of hydrogen-bond acceptors (Lipinski definition) is 9. The number of aliphatic hydroxyl groups is 1. The van der Waals surface area contributed by atoms with Crippen LogP contribution in [0.1, 0.15) is 78.7 Å². The summed E-state index contributed by atoms with van der Waals surface area (Å²) in [6.45, 7) is 0. The Labute approximate surface area is 261 Å². The summed E-state index contributed by atoms with van der Waals surface area (Å²) in [6.07, 6.45) is 1.78. The van der Waals surface area contributed by atoms with Crippen molar-refractivity contribution in [3.63, 3.8) is 0 Å². The number of aliphatic hydroxyl groups excluding tert-OH is 1. The van der Waals surface area contributed by atoms with E-state index >= 15 is 0 Å². The molecule has 0 spiro atoms. The second-order valence-corrected chi connectivity index (χ2v) is 11.1. The third-order valence-corrected chi connectivity index (χ3v) is 8.22. The smallest absolute Gasteiger partial charge is 0.273 e. The Morgan fingerprint density at radius 2 is 1.72 bits per heavy atom. The van der Waals surface area contributed by atoms with Gasteiger partial charge < -0.3 is 15.7 Å². The summed E-state index contributed by atoms with van der Waals surface area (Å²) in [5.74, 6) is -4.48. The van der Waals surface area contributed by atoms with Crippen molar-refractivity contribution in [1.82, 2.24) is 20.5 Å². The molecule has 1 aliphatic carbocycles. The van der Waals surface area contributed by atoms with Gasteiger partial charge in [0, 0.05) is 30.8 Å². The van der Waals surface area contributed by atoms with Gasteiger partial charge in [-0.05, 0) is 48.6 Å². The van der Waals surface area contributed by atoms with E-state index in [0.29, 0.717) is 6.42 Å². The molecule has 0 bridgehead atoms. The summed E-state index contributed by atoms with van der Waals surface area (Å²) in [7, 11) is 0. The minimum Gasteiger partial charge on any atom is -0.388 e. The number of rotatable bonds is 6. The minimum atomic E-state index is -1.15. The lowest BCUT2D eigenvalue weighted by Crippen LogP contribution is -2.54. The van der Waals surface area contributed by atoms with Gasteiger partial charge >= 0.3 is 0 Å². The molecule has 3 atom stereocenters. The molecular weight excluding hydrogens is 594 g/mol. The molecule has 3 unspecified atom stereocenters. The van der Waals surface area contributed by atoms with Gasteiger partial charge in [-0.15, -0.1) is 0 Å². The average molecular weight is 622 g/mol. The first kappa shape index (κ1) is 30.2. The zero-order valence-corrected chi connectivity index (χ0v) is 24.2. The third-order valence-electron chi connectivity index (χ3n) is 8.22.